The fraction of sp³-hybridized carbons (Fsp3) is 0.486. The van der Waals surface area contributed by atoms with Gasteiger partial charge in [0, 0.05) is 24.2 Å². The lowest BCUT2D eigenvalue weighted by Crippen LogP contribution is -2.26. The van der Waals surface area contributed by atoms with Gasteiger partial charge in [-0.2, -0.15) is 10.5 Å². The molecule has 240 valence electrons. The predicted octanol–water partition coefficient (Wildman–Crippen LogP) is 7.55. The van der Waals surface area contributed by atoms with Crippen LogP contribution in [0.2, 0.25) is 0 Å². The minimum atomic E-state index is -1.29. The minimum absolute atomic E-state index is 0.250. The summed E-state index contributed by atoms with van der Waals surface area (Å²) >= 11 is 0. The molecule has 0 aromatic heterocycles. The Labute approximate surface area is 267 Å². The van der Waals surface area contributed by atoms with Gasteiger partial charge in [-0.05, 0) is 117 Å². The van der Waals surface area contributed by atoms with Crippen molar-refractivity contribution in [3.63, 3.8) is 0 Å². The number of hydrogen-bond acceptors (Lipinski definition) is 8. The Morgan fingerprint density at radius 3 is 1.27 bits per heavy atom. The van der Waals surface area contributed by atoms with Crippen molar-refractivity contribution >= 4 is 35.0 Å². The lowest BCUT2D eigenvalue weighted by Gasteiger charge is -2.23. The van der Waals surface area contributed by atoms with Gasteiger partial charge in [0.1, 0.15) is 17.1 Å². The molecule has 0 unspecified atom stereocenters. The Balaban J connectivity index is 2.22. The van der Waals surface area contributed by atoms with E-state index in [0.717, 1.165) is 11.4 Å². The van der Waals surface area contributed by atoms with Crippen molar-refractivity contribution in [1.29, 1.82) is 10.5 Å². The van der Waals surface area contributed by atoms with E-state index < -0.39 is 28.4 Å². The molecule has 0 amide bonds. The first kappa shape index (κ1) is 36.5. The zero-order chi connectivity index (χ0) is 33.7. The van der Waals surface area contributed by atoms with Gasteiger partial charge in [0.2, 0.25) is 0 Å². The Morgan fingerprint density at radius 2 is 1.00 bits per heavy atom. The molecule has 2 aromatic rings. The largest absolute Gasteiger partial charge is 0.462 e. The molecule has 0 saturated heterocycles. The molecule has 0 bridgehead atoms. The van der Waals surface area contributed by atoms with E-state index in [-0.39, 0.29) is 12.8 Å². The van der Waals surface area contributed by atoms with E-state index in [0.29, 0.717) is 48.9 Å². The van der Waals surface area contributed by atoms with Gasteiger partial charge in [-0.15, -0.1) is 0 Å². The van der Waals surface area contributed by atoms with Crippen LogP contribution in [0.3, 0.4) is 0 Å². The molecule has 10 heteroatoms. The molecule has 10 nitrogen and oxygen atoms in total. The number of rotatable bonds is 12. The number of nitrogens with zero attached hydrogens (tertiary/aromatic N) is 4. The Hall–Kier alpha value is -4.70. The molecular weight excluding hydrogens is 568 g/mol. The second kappa shape index (κ2) is 16.4. The number of amidine groups is 2. The summed E-state index contributed by atoms with van der Waals surface area (Å²) in [4.78, 5) is 33.7. The zero-order valence-corrected chi connectivity index (χ0v) is 27.8. The number of aliphatic imine (C=N–C) groups is 2. The molecule has 0 aliphatic carbocycles. The first-order valence-electron chi connectivity index (χ1n) is 15.2. The number of carbonyl (C=O) groups is 2. The van der Waals surface area contributed by atoms with Crippen LogP contribution in [0.4, 0.5) is 11.4 Å². The molecule has 0 radical (unpaired) electrons. The van der Waals surface area contributed by atoms with Crippen molar-refractivity contribution in [2.24, 2.45) is 15.4 Å². The number of esters is 2. The average molecular weight is 615 g/mol. The normalized spacial score (nSPS) is 12.5. The summed E-state index contributed by atoms with van der Waals surface area (Å²) in [5.74, 6) is 0.477. The van der Waals surface area contributed by atoms with Crippen LogP contribution < -0.4 is 10.6 Å². The number of ether oxygens (including phenoxy) is 2. The standard InChI is InChI=1S/C35H46N6O4/c1-9-44-31(42)25-11-15-27(16-12-25)38-29(40-33(3,4)5)19-21-35(23-36,24-37)22-20-30(41-34(6,7)8)39-28-17-13-26(14-18-28)32(43)45-10-2/h11-18H,9-10,19-22H2,1-8H3,(H,38,40)(H,39,41). The minimum Gasteiger partial charge on any atom is -0.462 e. The van der Waals surface area contributed by atoms with Crippen LogP contribution in [-0.2, 0) is 9.47 Å². The maximum Gasteiger partial charge on any atom is 0.338 e. The molecule has 0 aliphatic heterocycles. The summed E-state index contributed by atoms with van der Waals surface area (Å²) in [5, 5.41) is 27.1. The van der Waals surface area contributed by atoms with E-state index in [1.165, 1.54) is 0 Å². The molecule has 2 N–H and O–H groups in total. The second-order valence-electron chi connectivity index (χ2n) is 12.6. The van der Waals surface area contributed by atoms with Gasteiger partial charge in [0.05, 0.1) is 47.6 Å². The van der Waals surface area contributed by atoms with Crippen LogP contribution in [0, 0.1) is 28.1 Å². The zero-order valence-electron chi connectivity index (χ0n) is 27.8. The SMILES string of the molecule is CCOC(=O)c1ccc(NC(CCC(C#N)(C#N)CCC(=NC(C)(C)C)Nc2ccc(C(=O)OCC)cc2)=NC(C)(C)C)cc1. The van der Waals surface area contributed by atoms with E-state index in [1.807, 2.05) is 41.5 Å². The van der Waals surface area contributed by atoms with E-state index in [2.05, 4.69) is 22.8 Å². The Kier molecular flexibility index (Phi) is 13.3. The highest BCUT2D eigenvalue weighted by Crippen LogP contribution is 2.30. The molecule has 2 aromatic carbocycles. The number of nitriles is 2. The van der Waals surface area contributed by atoms with Crippen molar-refractivity contribution in [1.82, 2.24) is 0 Å². The van der Waals surface area contributed by atoms with Gasteiger partial charge >= 0.3 is 11.9 Å². The molecule has 0 atom stereocenters. The first-order chi connectivity index (χ1) is 21.1. The fourth-order valence-electron chi connectivity index (χ4n) is 4.28. The third-order valence-electron chi connectivity index (χ3n) is 6.32. The Morgan fingerprint density at radius 1 is 0.667 bits per heavy atom. The lowest BCUT2D eigenvalue weighted by molar-refractivity contribution is 0.0517. The molecule has 0 saturated carbocycles. The van der Waals surface area contributed by atoms with Gasteiger partial charge < -0.3 is 20.1 Å². The van der Waals surface area contributed by atoms with E-state index in [4.69, 9.17) is 19.5 Å². The van der Waals surface area contributed by atoms with Crippen LogP contribution in [0.1, 0.15) is 102 Å². The molecular formula is C35H46N6O4. The van der Waals surface area contributed by atoms with Crippen LogP contribution in [0.15, 0.2) is 58.5 Å². The van der Waals surface area contributed by atoms with Gasteiger partial charge in [-0.3, -0.25) is 9.98 Å². The van der Waals surface area contributed by atoms with Crippen molar-refractivity contribution < 1.29 is 19.1 Å². The van der Waals surface area contributed by atoms with Crippen LogP contribution in [0.5, 0.6) is 0 Å². The lowest BCUT2D eigenvalue weighted by atomic mass is 9.81. The highest BCUT2D eigenvalue weighted by atomic mass is 16.5. The van der Waals surface area contributed by atoms with Crippen LogP contribution in [-0.4, -0.2) is 47.9 Å². The summed E-state index contributed by atoms with van der Waals surface area (Å²) < 4.78 is 10.1. The smallest absolute Gasteiger partial charge is 0.338 e. The van der Waals surface area contributed by atoms with Gasteiger partial charge in [-0.25, -0.2) is 9.59 Å². The predicted molar refractivity (Wildman–Crippen MR) is 179 cm³/mol. The highest BCUT2D eigenvalue weighted by molar-refractivity contribution is 5.97. The first-order valence-corrected chi connectivity index (χ1v) is 15.2. The molecule has 0 fully saturated rings. The monoisotopic (exact) mass is 614 g/mol. The van der Waals surface area contributed by atoms with Gasteiger partial charge in [0.25, 0.3) is 0 Å². The quantitative estimate of drug-likeness (QED) is 0.141. The summed E-state index contributed by atoms with van der Waals surface area (Å²) in [6.07, 6.45) is 1.21. The third kappa shape index (κ3) is 12.8. The maximum atomic E-state index is 12.0. The van der Waals surface area contributed by atoms with Crippen LogP contribution in [0.25, 0.3) is 0 Å². The maximum absolute atomic E-state index is 12.0. The summed E-state index contributed by atoms with van der Waals surface area (Å²) in [7, 11) is 0. The van der Waals surface area contributed by atoms with E-state index in [1.54, 1.807) is 62.4 Å². The molecule has 0 aliphatic rings. The topological polar surface area (TPSA) is 149 Å². The number of benzene rings is 2. The molecule has 0 spiro atoms. The van der Waals surface area contributed by atoms with E-state index in [9.17, 15) is 20.1 Å². The summed E-state index contributed by atoms with van der Waals surface area (Å²) in [6, 6.07) is 18.3. The van der Waals surface area contributed by atoms with Gasteiger partial charge in [-0.1, -0.05) is 0 Å². The fourth-order valence-corrected chi connectivity index (χ4v) is 4.28. The Bertz CT molecular complexity index is 1320. The van der Waals surface area contributed by atoms with Crippen molar-refractivity contribution in [2.75, 3.05) is 23.8 Å². The van der Waals surface area contributed by atoms with Crippen molar-refractivity contribution in [3.05, 3.63) is 59.7 Å². The second-order valence-corrected chi connectivity index (χ2v) is 12.6. The molecule has 45 heavy (non-hydrogen) atoms. The number of hydrogen-bond donors (Lipinski definition) is 2. The number of nitrogens with one attached hydrogen (secondary N) is 2. The molecule has 2 rings (SSSR count). The number of carbonyl (C=O) groups excluding carboxylic acids is 2. The van der Waals surface area contributed by atoms with Crippen LogP contribution >= 0.6 is 0 Å². The number of anilines is 2. The average Bonchev–Trinajstić information content (AvgIpc) is 2.97. The van der Waals surface area contributed by atoms with Gasteiger partial charge in [0.15, 0.2) is 0 Å². The highest BCUT2D eigenvalue weighted by Gasteiger charge is 2.31. The van der Waals surface area contributed by atoms with Crippen molar-refractivity contribution in [3.8, 4) is 12.1 Å². The van der Waals surface area contributed by atoms with Crippen molar-refractivity contribution in [2.45, 2.75) is 92.2 Å². The summed E-state index contributed by atoms with van der Waals surface area (Å²) in [6.45, 7) is 15.9. The summed E-state index contributed by atoms with van der Waals surface area (Å²) in [5.41, 5.74) is 0.235. The third-order valence-corrected chi connectivity index (χ3v) is 6.32. The molecule has 0 heterocycles. The van der Waals surface area contributed by atoms with E-state index >= 15 is 0 Å².